The zero-order valence-electron chi connectivity index (χ0n) is 16.0. The molecule has 0 saturated carbocycles. The van der Waals surface area contributed by atoms with Gasteiger partial charge in [0, 0.05) is 31.0 Å². The topological polar surface area (TPSA) is 80.5 Å². The van der Waals surface area contributed by atoms with Gasteiger partial charge in [0.25, 0.3) is 5.91 Å². The molecule has 1 aromatic heterocycles. The van der Waals surface area contributed by atoms with Gasteiger partial charge in [-0.2, -0.15) is 0 Å². The van der Waals surface area contributed by atoms with Crippen molar-refractivity contribution in [2.45, 2.75) is 32.7 Å². The van der Waals surface area contributed by atoms with Gasteiger partial charge in [-0.25, -0.2) is 4.98 Å². The molecule has 3 N–H and O–H groups in total. The van der Waals surface area contributed by atoms with Gasteiger partial charge in [-0.3, -0.25) is 4.79 Å². The molecule has 0 bridgehead atoms. The predicted octanol–water partition coefficient (Wildman–Crippen LogP) is 3.42. The number of nitrogens with two attached hydrogens (primary N) is 1. The molecule has 0 radical (unpaired) electrons. The first-order valence-corrected chi connectivity index (χ1v) is 9.58. The minimum atomic E-state index is 0.0136. The maximum absolute atomic E-state index is 13.0. The number of ether oxygens (including phenoxy) is 1. The summed E-state index contributed by atoms with van der Waals surface area (Å²) in [5, 5.41) is 3.25. The summed E-state index contributed by atoms with van der Waals surface area (Å²) in [6.45, 7) is 6.10. The van der Waals surface area contributed by atoms with Crippen LogP contribution in [-0.4, -0.2) is 41.5 Å². The van der Waals surface area contributed by atoms with Crippen molar-refractivity contribution in [1.29, 1.82) is 0 Å². The monoisotopic (exact) mass is 368 g/mol. The fourth-order valence-electron chi connectivity index (χ4n) is 3.41. The number of carbonyl (C=O) groups excluding carboxylic acids is 1. The largest absolute Gasteiger partial charge is 0.494 e. The van der Waals surface area contributed by atoms with E-state index >= 15 is 0 Å². The fourth-order valence-corrected chi connectivity index (χ4v) is 3.41. The molecule has 3 rings (SSSR count). The van der Waals surface area contributed by atoms with Crippen LogP contribution in [0.15, 0.2) is 42.6 Å². The SMILES string of the molecule is CCOc1ccc(Nc2ncccc2C(=O)N2CCC(C(C)N)CC2)cc1. The molecule has 27 heavy (non-hydrogen) atoms. The average molecular weight is 368 g/mol. The van der Waals surface area contributed by atoms with Crippen molar-refractivity contribution in [2.75, 3.05) is 25.0 Å². The first kappa shape index (κ1) is 19.2. The summed E-state index contributed by atoms with van der Waals surface area (Å²) in [7, 11) is 0. The summed E-state index contributed by atoms with van der Waals surface area (Å²) in [5.41, 5.74) is 7.46. The summed E-state index contributed by atoms with van der Waals surface area (Å²) in [6.07, 6.45) is 3.59. The van der Waals surface area contributed by atoms with E-state index in [1.807, 2.05) is 49.1 Å². The molecular formula is C21H28N4O2. The van der Waals surface area contributed by atoms with Crippen LogP contribution in [0, 0.1) is 5.92 Å². The third kappa shape index (κ3) is 4.77. The highest BCUT2D eigenvalue weighted by molar-refractivity contribution is 5.99. The molecule has 0 spiro atoms. The van der Waals surface area contributed by atoms with Crippen LogP contribution < -0.4 is 15.8 Å². The van der Waals surface area contributed by atoms with Gasteiger partial charge in [-0.05, 0) is 69.0 Å². The highest BCUT2D eigenvalue weighted by atomic mass is 16.5. The first-order chi connectivity index (χ1) is 13.1. The third-order valence-electron chi connectivity index (χ3n) is 5.04. The molecule has 2 heterocycles. The van der Waals surface area contributed by atoms with Crippen molar-refractivity contribution >= 4 is 17.4 Å². The molecule has 1 fully saturated rings. The Morgan fingerprint density at radius 2 is 2.00 bits per heavy atom. The van der Waals surface area contributed by atoms with Gasteiger partial charge in [-0.1, -0.05) is 0 Å². The Morgan fingerprint density at radius 1 is 1.30 bits per heavy atom. The van der Waals surface area contributed by atoms with Crippen molar-refractivity contribution in [1.82, 2.24) is 9.88 Å². The molecule has 1 aliphatic heterocycles. The zero-order chi connectivity index (χ0) is 19.2. The van der Waals surface area contributed by atoms with Gasteiger partial charge >= 0.3 is 0 Å². The van der Waals surface area contributed by atoms with E-state index in [2.05, 4.69) is 10.3 Å². The van der Waals surface area contributed by atoms with Crippen LogP contribution in [0.25, 0.3) is 0 Å². The van der Waals surface area contributed by atoms with Gasteiger partial charge in [0.15, 0.2) is 0 Å². The molecule has 0 aliphatic carbocycles. The van der Waals surface area contributed by atoms with Gasteiger partial charge < -0.3 is 20.7 Å². The Morgan fingerprint density at radius 3 is 2.63 bits per heavy atom. The summed E-state index contributed by atoms with van der Waals surface area (Å²) in [6, 6.07) is 11.4. The number of anilines is 2. The van der Waals surface area contributed by atoms with Crippen LogP contribution in [-0.2, 0) is 0 Å². The van der Waals surface area contributed by atoms with E-state index in [-0.39, 0.29) is 11.9 Å². The van der Waals surface area contributed by atoms with Gasteiger partial charge in [-0.15, -0.1) is 0 Å². The summed E-state index contributed by atoms with van der Waals surface area (Å²) in [5.74, 6) is 1.89. The van der Waals surface area contributed by atoms with Crippen LogP contribution in [0.4, 0.5) is 11.5 Å². The maximum atomic E-state index is 13.0. The van der Waals surface area contributed by atoms with Gasteiger partial charge in [0.1, 0.15) is 11.6 Å². The highest BCUT2D eigenvalue weighted by Crippen LogP contribution is 2.25. The number of hydrogen-bond acceptors (Lipinski definition) is 5. The number of piperidine rings is 1. The molecule has 1 unspecified atom stereocenters. The Labute approximate surface area is 160 Å². The normalized spacial score (nSPS) is 16.0. The highest BCUT2D eigenvalue weighted by Gasteiger charge is 2.26. The summed E-state index contributed by atoms with van der Waals surface area (Å²) >= 11 is 0. The van der Waals surface area contributed by atoms with Crippen LogP contribution >= 0.6 is 0 Å². The van der Waals surface area contributed by atoms with E-state index in [4.69, 9.17) is 10.5 Å². The number of likely N-dealkylation sites (tertiary alicyclic amines) is 1. The molecule has 1 saturated heterocycles. The number of aromatic nitrogens is 1. The molecule has 6 heteroatoms. The lowest BCUT2D eigenvalue weighted by molar-refractivity contribution is 0.0681. The minimum absolute atomic E-state index is 0.0136. The molecule has 1 aromatic carbocycles. The van der Waals surface area contributed by atoms with Crippen LogP contribution in [0.5, 0.6) is 5.75 Å². The van der Waals surface area contributed by atoms with E-state index in [0.717, 1.165) is 37.4 Å². The third-order valence-corrected chi connectivity index (χ3v) is 5.04. The molecule has 1 amide bonds. The maximum Gasteiger partial charge on any atom is 0.257 e. The Bertz CT molecular complexity index is 753. The Kier molecular flexibility index (Phi) is 6.29. The lowest BCUT2D eigenvalue weighted by Gasteiger charge is -2.34. The number of benzene rings is 1. The van der Waals surface area contributed by atoms with Crippen molar-refractivity contribution in [2.24, 2.45) is 11.7 Å². The second-order valence-electron chi connectivity index (χ2n) is 6.97. The van der Waals surface area contributed by atoms with E-state index in [1.165, 1.54) is 0 Å². The second kappa shape index (κ2) is 8.86. The minimum Gasteiger partial charge on any atom is -0.494 e. The first-order valence-electron chi connectivity index (χ1n) is 9.58. The molecular weight excluding hydrogens is 340 g/mol. The predicted molar refractivity (Wildman–Crippen MR) is 107 cm³/mol. The average Bonchev–Trinajstić information content (AvgIpc) is 2.70. The summed E-state index contributed by atoms with van der Waals surface area (Å²) < 4.78 is 5.46. The van der Waals surface area contributed by atoms with Crippen LogP contribution in [0.1, 0.15) is 37.0 Å². The van der Waals surface area contributed by atoms with Crippen molar-refractivity contribution in [3.8, 4) is 5.75 Å². The standard InChI is InChI=1S/C21H28N4O2/c1-3-27-18-8-6-17(7-9-18)24-20-19(5-4-12-23-20)21(26)25-13-10-16(11-14-25)15(2)22/h4-9,12,15-16H,3,10-11,13-14,22H2,1-2H3,(H,23,24). The number of hydrogen-bond donors (Lipinski definition) is 2. The van der Waals surface area contributed by atoms with Crippen LogP contribution in [0.2, 0.25) is 0 Å². The lowest BCUT2D eigenvalue weighted by Crippen LogP contribution is -2.42. The molecule has 6 nitrogen and oxygen atoms in total. The number of rotatable bonds is 6. The van der Waals surface area contributed by atoms with Gasteiger partial charge in [0.05, 0.1) is 12.2 Å². The van der Waals surface area contributed by atoms with E-state index < -0.39 is 0 Å². The number of carbonyl (C=O) groups is 1. The molecule has 2 aromatic rings. The molecule has 1 atom stereocenters. The number of pyridine rings is 1. The van der Waals surface area contributed by atoms with Crippen molar-refractivity contribution in [3.63, 3.8) is 0 Å². The lowest BCUT2D eigenvalue weighted by atomic mass is 9.90. The zero-order valence-corrected chi connectivity index (χ0v) is 16.0. The molecule has 1 aliphatic rings. The molecule has 144 valence electrons. The fraction of sp³-hybridized carbons (Fsp3) is 0.429. The number of nitrogens with one attached hydrogen (secondary N) is 1. The van der Waals surface area contributed by atoms with Crippen LogP contribution in [0.3, 0.4) is 0 Å². The summed E-state index contributed by atoms with van der Waals surface area (Å²) in [4.78, 5) is 19.3. The second-order valence-corrected chi connectivity index (χ2v) is 6.97. The van der Waals surface area contributed by atoms with E-state index in [1.54, 1.807) is 12.3 Å². The van der Waals surface area contributed by atoms with E-state index in [9.17, 15) is 4.79 Å². The van der Waals surface area contributed by atoms with Crippen molar-refractivity contribution in [3.05, 3.63) is 48.2 Å². The van der Waals surface area contributed by atoms with Gasteiger partial charge in [0.2, 0.25) is 0 Å². The van der Waals surface area contributed by atoms with Crippen molar-refractivity contribution < 1.29 is 9.53 Å². The smallest absolute Gasteiger partial charge is 0.257 e. The quantitative estimate of drug-likeness (QED) is 0.816. The van der Waals surface area contributed by atoms with E-state index in [0.29, 0.717) is 23.9 Å². The number of amides is 1. The Balaban J connectivity index is 1.71. The Hall–Kier alpha value is -2.60. The number of nitrogens with zero attached hydrogens (tertiary/aromatic N) is 2.